The Balaban J connectivity index is 3.26. The molecule has 1 nitrogen and oxygen atoms in total. The Morgan fingerprint density at radius 1 is 1.09 bits per heavy atom. The van der Waals surface area contributed by atoms with Gasteiger partial charge in [-0.2, -0.15) is 0 Å². The average Bonchev–Trinajstić information content (AvgIpc) is 2.04. The van der Waals surface area contributed by atoms with Gasteiger partial charge >= 0.3 is 0 Å². The van der Waals surface area contributed by atoms with Crippen LogP contribution in [0.25, 0.3) is 0 Å². The summed E-state index contributed by atoms with van der Waals surface area (Å²) in [6.07, 6.45) is 2.12. The maximum absolute atomic E-state index is 12.2. The van der Waals surface area contributed by atoms with Crippen molar-refractivity contribution in [3.8, 4) is 0 Å². The predicted molar refractivity (Wildman–Crippen MR) is 46.5 cm³/mol. The molecule has 0 heterocycles. The van der Waals surface area contributed by atoms with E-state index < -0.39 is 11.0 Å². The molecule has 5 heteroatoms. The molecule has 0 amide bonds. The molecule has 64 valence electrons. The van der Waals surface area contributed by atoms with Crippen LogP contribution in [0.3, 0.4) is 0 Å². The summed E-state index contributed by atoms with van der Waals surface area (Å²) in [7, 11) is 0. The van der Waals surface area contributed by atoms with Crippen LogP contribution in [0.5, 0.6) is 0 Å². The van der Waals surface area contributed by atoms with Gasteiger partial charge in [-0.3, -0.25) is 0 Å². The van der Waals surface area contributed by atoms with Crippen LogP contribution in [0.4, 0.5) is 8.78 Å². The molecular formula is C6H8F2OS2. The van der Waals surface area contributed by atoms with Gasteiger partial charge in [0.05, 0.1) is 0 Å². The van der Waals surface area contributed by atoms with Gasteiger partial charge in [-0.1, -0.05) is 13.2 Å². The van der Waals surface area contributed by atoms with Gasteiger partial charge < -0.3 is 0 Å². The van der Waals surface area contributed by atoms with Crippen LogP contribution < -0.4 is 0 Å². The normalized spacial score (nSPS) is 15.5. The summed E-state index contributed by atoms with van der Waals surface area (Å²) in [4.78, 5) is 0. The molecule has 0 aliphatic heterocycles. The number of rotatable bonds is 6. The van der Waals surface area contributed by atoms with Crippen molar-refractivity contribution in [2.75, 3.05) is 0 Å². The predicted octanol–water partition coefficient (Wildman–Crippen LogP) is 3.26. The number of hydrogen-bond donors (Lipinski definition) is 0. The molecule has 0 saturated heterocycles. The van der Waals surface area contributed by atoms with E-state index in [1.807, 2.05) is 0 Å². The number of halogens is 2. The molecule has 0 fully saturated rings. The van der Waals surface area contributed by atoms with Gasteiger partial charge in [0, 0.05) is 24.1 Å². The van der Waals surface area contributed by atoms with E-state index in [-0.39, 0.29) is 0 Å². The van der Waals surface area contributed by atoms with Gasteiger partial charge in [0.15, 0.2) is 11.0 Å². The van der Waals surface area contributed by atoms with E-state index in [1.54, 1.807) is 0 Å². The Labute approximate surface area is 73.3 Å². The Bertz CT molecular complexity index is 118. The first-order valence-corrected chi connectivity index (χ1v) is 4.33. The SMILES string of the molecule is C=CC(F)SOSC(F)C=C. The Kier molecular flexibility index (Phi) is 6.69. The third kappa shape index (κ3) is 6.40. The van der Waals surface area contributed by atoms with E-state index in [9.17, 15) is 8.78 Å². The van der Waals surface area contributed by atoms with Crippen molar-refractivity contribution in [2.24, 2.45) is 0 Å². The van der Waals surface area contributed by atoms with Crippen molar-refractivity contribution < 1.29 is 12.4 Å². The number of alkyl halides is 2. The monoisotopic (exact) mass is 198 g/mol. The molecule has 2 unspecified atom stereocenters. The fourth-order valence-electron chi connectivity index (χ4n) is 0.176. The summed E-state index contributed by atoms with van der Waals surface area (Å²) in [5.41, 5.74) is -2.64. The molecule has 0 aromatic heterocycles. The molecule has 0 rings (SSSR count). The minimum atomic E-state index is -1.32. The molecule has 0 aliphatic rings. The van der Waals surface area contributed by atoms with Crippen molar-refractivity contribution in [2.45, 2.75) is 11.0 Å². The van der Waals surface area contributed by atoms with Gasteiger partial charge in [-0.25, -0.2) is 12.4 Å². The van der Waals surface area contributed by atoms with Crippen LogP contribution in [-0.2, 0) is 3.63 Å². The Morgan fingerprint density at radius 3 is 1.73 bits per heavy atom. The fraction of sp³-hybridized carbons (Fsp3) is 0.333. The second kappa shape index (κ2) is 6.69. The van der Waals surface area contributed by atoms with Gasteiger partial charge in [0.25, 0.3) is 0 Å². The lowest BCUT2D eigenvalue weighted by Gasteiger charge is -2.02. The molecule has 0 aliphatic carbocycles. The highest BCUT2D eigenvalue weighted by Crippen LogP contribution is 2.25. The van der Waals surface area contributed by atoms with Crippen LogP contribution in [0, 0.1) is 0 Å². The van der Waals surface area contributed by atoms with Gasteiger partial charge in [0.2, 0.25) is 0 Å². The van der Waals surface area contributed by atoms with E-state index in [4.69, 9.17) is 0 Å². The minimum absolute atomic E-state index is 0.511. The Morgan fingerprint density at radius 2 is 1.45 bits per heavy atom. The first-order valence-electron chi connectivity index (χ1n) is 2.72. The van der Waals surface area contributed by atoms with E-state index in [0.29, 0.717) is 24.1 Å². The fourth-order valence-corrected chi connectivity index (χ4v) is 1.12. The molecule has 2 atom stereocenters. The molecule has 0 bridgehead atoms. The summed E-state index contributed by atoms with van der Waals surface area (Å²) < 4.78 is 29.0. The van der Waals surface area contributed by atoms with Gasteiger partial charge in [-0.15, -0.1) is 0 Å². The summed E-state index contributed by atoms with van der Waals surface area (Å²) >= 11 is 1.02. The summed E-state index contributed by atoms with van der Waals surface area (Å²) in [6.45, 7) is 6.36. The molecule has 0 aromatic rings. The van der Waals surface area contributed by atoms with Gasteiger partial charge in [-0.05, 0) is 12.2 Å². The van der Waals surface area contributed by atoms with E-state index >= 15 is 0 Å². The molecule has 0 spiro atoms. The third-order valence-electron chi connectivity index (χ3n) is 0.633. The molecule has 0 radical (unpaired) electrons. The Hall–Kier alpha value is -0.0000000000000000555. The maximum Gasteiger partial charge on any atom is 0.190 e. The average molecular weight is 198 g/mol. The second-order valence-corrected chi connectivity index (χ2v) is 3.26. The molecule has 0 N–H and O–H groups in total. The molecular weight excluding hydrogens is 190 g/mol. The van der Waals surface area contributed by atoms with Crippen LogP contribution in [-0.4, -0.2) is 11.0 Å². The largest absolute Gasteiger partial charge is 0.241 e. The zero-order valence-electron chi connectivity index (χ0n) is 5.70. The highest BCUT2D eigenvalue weighted by molar-refractivity contribution is 8.08. The zero-order chi connectivity index (χ0) is 8.69. The summed E-state index contributed by atoms with van der Waals surface area (Å²) in [5, 5.41) is 0. The van der Waals surface area contributed by atoms with E-state index in [2.05, 4.69) is 16.8 Å². The van der Waals surface area contributed by atoms with Crippen LogP contribution in [0.2, 0.25) is 0 Å². The van der Waals surface area contributed by atoms with Gasteiger partial charge in [0.1, 0.15) is 0 Å². The summed E-state index contributed by atoms with van der Waals surface area (Å²) in [6, 6.07) is 0. The van der Waals surface area contributed by atoms with Crippen molar-refractivity contribution in [1.82, 2.24) is 0 Å². The smallest absolute Gasteiger partial charge is 0.190 e. The highest BCUT2D eigenvalue weighted by Gasteiger charge is 2.06. The van der Waals surface area contributed by atoms with Crippen LogP contribution >= 0.6 is 24.1 Å². The molecule has 11 heavy (non-hydrogen) atoms. The van der Waals surface area contributed by atoms with Crippen LogP contribution in [0.15, 0.2) is 25.3 Å². The van der Waals surface area contributed by atoms with E-state index in [0.717, 1.165) is 12.2 Å². The van der Waals surface area contributed by atoms with Crippen molar-refractivity contribution in [3.63, 3.8) is 0 Å². The highest BCUT2D eigenvalue weighted by atomic mass is 32.2. The summed E-state index contributed by atoms with van der Waals surface area (Å²) in [5.74, 6) is 0. The topological polar surface area (TPSA) is 9.23 Å². The minimum Gasteiger partial charge on any atom is -0.241 e. The lowest BCUT2D eigenvalue weighted by molar-refractivity contribution is 0.492. The lowest BCUT2D eigenvalue weighted by Crippen LogP contribution is -1.89. The van der Waals surface area contributed by atoms with Crippen molar-refractivity contribution >= 4 is 24.1 Å². The first-order chi connectivity index (χ1) is 5.20. The number of hydrogen-bond acceptors (Lipinski definition) is 3. The maximum atomic E-state index is 12.2. The molecule has 0 aromatic carbocycles. The van der Waals surface area contributed by atoms with Crippen molar-refractivity contribution in [1.29, 1.82) is 0 Å². The van der Waals surface area contributed by atoms with Crippen LogP contribution in [0.1, 0.15) is 0 Å². The quantitative estimate of drug-likeness (QED) is 0.479. The lowest BCUT2D eigenvalue weighted by atomic mass is 10.7. The first kappa shape index (κ1) is 11.0. The standard InChI is InChI=1S/C6H8F2OS2/c1-3-5(7)10-9-11-6(8)4-2/h3-6H,1-2H2. The molecule has 0 saturated carbocycles. The van der Waals surface area contributed by atoms with E-state index in [1.165, 1.54) is 0 Å². The third-order valence-corrected chi connectivity index (χ3v) is 2.01. The second-order valence-electron chi connectivity index (χ2n) is 1.43. The zero-order valence-corrected chi connectivity index (χ0v) is 7.34. The van der Waals surface area contributed by atoms with Crippen molar-refractivity contribution in [3.05, 3.63) is 25.3 Å².